The van der Waals surface area contributed by atoms with Crippen LogP contribution in [0.5, 0.6) is 5.75 Å². The van der Waals surface area contributed by atoms with Gasteiger partial charge in [-0.2, -0.15) is 0 Å². The highest BCUT2D eigenvalue weighted by Gasteiger charge is 2.29. The highest BCUT2D eigenvalue weighted by atomic mass is 32.1. The molecule has 1 aliphatic carbocycles. The van der Waals surface area contributed by atoms with E-state index >= 15 is 0 Å². The standard InChI is InChI=1S/C16H20N2O2S/c1-20-15-5-3-2-4-14(15)16-17-12(11-21-16)10-18(8-9-19)13-6-7-13/h2-5,11,13,19H,6-10H2,1H3. The largest absolute Gasteiger partial charge is 0.496 e. The summed E-state index contributed by atoms with van der Waals surface area (Å²) in [5.41, 5.74) is 2.11. The maximum atomic E-state index is 9.17. The van der Waals surface area contributed by atoms with E-state index in [1.807, 2.05) is 24.3 Å². The average molecular weight is 304 g/mol. The van der Waals surface area contributed by atoms with E-state index in [2.05, 4.69) is 10.3 Å². The minimum absolute atomic E-state index is 0.208. The third-order valence-electron chi connectivity index (χ3n) is 3.70. The summed E-state index contributed by atoms with van der Waals surface area (Å²) in [4.78, 5) is 7.06. The fraction of sp³-hybridized carbons (Fsp3) is 0.438. The minimum Gasteiger partial charge on any atom is -0.496 e. The number of aliphatic hydroxyl groups is 1. The van der Waals surface area contributed by atoms with Crippen LogP contribution in [0.4, 0.5) is 0 Å². The fourth-order valence-corrected chi connectivity index (χ4v) is 3.33. The van der Waals surface area contributed by atoms with Crippen molar-refractivity contribution >= 4 is 11.3 Å². The van der Waals surface area contributed by atoms with E-state index in [1.54, 1.807) is 18.4 Å². The zero-order chi connectivity index (χ0) is 14.7. The molecule has 0 bridgehead atoms. The van der Waals surface area contributed by atoms with Crippen LogP contribution >= 0.6 is 11.3 Å². The van der Waals surface area contributed by atoms with Gasteiger partial charge in [0.05, 0.1) is 25.0 Å². The SMILES string of the molecule is COc1ccccc1-c1nc(CN(CCO)C2CC2)cs1. The molecule has 21 heavy (non-hydrogen) atoms. The molecule has 1 aromatic carbocycles. The van der Waals surface area contributed by atoms with Crippen molar-refractivity contribution in [1.82, 2.24) is 9.88 Å². The number of thiazole rings is 1. The highest BCUT2D eigenvalue weighted by Crippen LogP contribution is 2.33. The Hall–Kier alpha value is -1.43. The minimum atomic E-state index is 0.208. The summed E-state index contributed by atoms with van der Waals surface area (Å²) in [6.07, 6.45) is 2.48. The summed E-state index contributed by atoms with van der Waals surface area (Å²) in [5, 5.41) is 12.3. The quantitative estimate of drug-likeness (QED) is 0.854. The monoisotopic (exact) mass is 304 g/mol. The normalized spacial score (nSPS) is 14.6. The number of ether oxygens (including phenoxy) is 1. The lowest BCUT2D eigenvalue weighted by molar-refractivity contribution is 0.182. The molecule has 0 saturated heterocycles. The van der Waals surface area contributed by atoms with Crippen LogP contribution in [0, 0.1) is 0 Å². The van der Waals surface area contributed by atoms with Gasteiger partial charge < -0.3 is 9.84 Å². The van der Waals surface area contributed by atoms with Crippen LogP contribution in [0.25, 0.3) is 10.6 Å². The second kappa shape index (κ2) is 6.56. The first-order valence-electron chi connectivity index (χ1n) is 7.24. The van der Waals surface area contributed by atoms with Crippen LogP contribution < -0.4 is 4.74 Å². The van der Waals surface area contributed by atoms with Crippen LogP contribution in [-0.4, -0.2) is 41.3 Å². The molecule has 2 aromatic rings. The van der Waals surface area contributed by atoms with Gasteiger partial charge in [-0.1, -0.05) is 12.1 Å². The molecular formula is C16H20N2O2S. The second-order valence-corrected chi connectivity index (χ2v) is 6.13. The number of aliphatic hydroxyl groups excluding tert-OH is 1. The molecule has 0 spiro atoms. The molecule has 4 nitrogen and oxygen atoms in total. The molecule has 0 amide bonds. The summed E-state index contributed by atoms with van der Waals surface area (Å²) in [7, 11) is 1.68. The molecule has 0 atom stereocenters. The van der Waals surface area contributed by atoms with Crippen molar-refractivity contribution in [2.24, 2.45) is 0 Å². The number of benzene rings is 1. The number of hydrogen-bond acceptors (Lipinski definition) is 5. The number of methoxy groups -OCH3 is 1. The van der Waals surface area contributed by atoms with Crippen molar-refractivity contribution in [1.29, 1.82) is 0 Å². The number of aromatic nitrogens is 1. The molecule has 1 N–H and O–H groups in total. The summed E-state index contributed by atoms with van der Waals surface area (Å²) in [5.74, 6) is 0.854. The van der Waals surface area contributed by atoms with E-state index in [0.717, 1.165) is 35.1 Å². The summed E-state index contributed by atoms with van der Waals surface area (Å²) < 4.78 is 5.40. The molecule has 3 rings (SSSR count). The van der Waals surface area contributed by atoms with Crippen molar-refractivity contribution < 1.29 is 9.84 Å². The third kappa shape index (κ3) is 3.43. The Labute approximate surface area is 129 Å². The summed E-state index contributed by atoms with van der Waals surface area (Å²) >= 11 is 1.64. The first-order chi connectivity index (χ1) is 10.3. The van der Waals surface area contributed by atoms with Crippen LogP contribution in [0.1, 0.15) is 18.5 Å². The molecule has 1 aromatic heterocycles. The Morgan fingerprint density at radius 2 is 2.19 bits per heavy atom. The highest BCUT2D eigenvalue weighted by molar-refractivity contribution is 7.13. The van der Waals surface area contributed by atoms with Crippen LogP contribution in [0.15, 0.2) is 29.6 Å². The van der Waals surface area contributed by atoms with Gasteiger partial charge in [-0.3, -0.25) is 4.90 Å². The second-order valence-electron chi connectivity index (χ2n) is 5.27. The van der Waals surface area contributed by atoms with Gasteiger partial charge in [0, 0.05) is 24.5 Å². The molecule has 1 fully saturated rings. The molecule has 1 heterocycles. The Morgan fingerprint density at radius 3 is 2.90 bits per heavy atom. The van der Waals surface area contributed by atoms with Gasteiger partial charge in [0.25, 0.3) is 0 Å². The van der Waals surface area contributed by atoms with E-state index in [4.69, 9.17) is 14.8 Å². The Morgan fingerprint density at radius 1 is 1.38 bits per heavy atom. The third-order valence-corrected chi connectivity index (χ3v) is 4.63. The van der Waals surface area contributed by atoms with E-state index in [0.29, 0.717) is 6.04 Å². The van der Waals surface area contributed by atoms with Gasteiger partial charge >= 0.3 is 0 Å². The summed E-state index contributed by atoms with van der Waals surface area (Å²) in [6.45, 7) is 1.75. The van der Waals surface area contributed by atoms with Crippen LogP contribution in [0.2, 0.25) is 0 Å². The molecule has 5 heteroatoms. The molecule has 0 aliphatic heterocycles. The number of rotatable bonds is 7. The average Bonchev–Trinajstić information content (AvgIpc) is 3.26. The zero-order valence-electron chi connectivity index (χ0n) is 12.2. The van der Waals surface area contributed by atoms with Gasteiger partial charge in [0.1, 0.15) is 10.8 Å². The molecule has 0 radical (unpaired) electrons. The molecule has 0 unspecified atom stereocenters. The topological polar surface area (TPSA) is 45.6 Å². The Bertz CT molecular complexity index is 595. The van der Waals surface area contributed by atoms with E-state index in [-0.39, 0.29) is 6.61 Å². The first-order valence-corrected chi connectivity index (χ1v) is 8.12. The van der Waals surface area contributed by atoms with E-state index < -0.39 is 0 Å². The van der Waals surface area contributed by atoms with Crippen LogP contribution in [-0.2, 0) is 6.54 Å². The van der Waals surface area contributed by atoms with E-state index in [9.17, 15) is 0 Å². The van der Waals surface area contributed by atoms with E-state index in [1.165, 1.54) is 12.8 Å². The van der Waals surface area contributed by atoms with Crippen molar-refractivity contribution in [2.45, 2.75) is 25.4 Å². The smallest absolute Gasteiger partial charge is 0.129 e. The fourth-order valence-electron chi connectivity index (χ4n) is 2.49. The molecule has 112 valence electrons. The Balaban J connectivity index is 1.76. The Kier molecular flexibility index (Phi) is 4.53. The molecule has 1 saturated carbocycles. The van der Waals surface area contributed by atoms with Crippen LogP contribution in [0.3, 0.4) is 0 Å². The number of hydrogen-bond donors (Lipinski definition) is 1. The maximum Gasteiger partial charge on any atom is 0.129 e. The lowest BCUT2D eigenvalue weighted by atomic mass is 10.2. The van der Waals surface area contributed by atoms with Crippen molar-refractivity contribution in [2.75, 3.05) is 20.3 Å². The van der Waals surface area contributed by atoms with Gasteiger partial charge in [-0.15, -0.1) is 11.3 Å². The van der Waals surface area contributed by atoms with Crippen molar-refractivity contribution in [3.63, 3.8) is 0 Å². The van der Waals surface area contributed by atoms with Crippen molar-refractivity contribution in [3.8, 4) is 16.3 Å². The molecule has 1 aliphatic rings. The van der Waals surface area contributed by atoms with Gasteiger partial charge in [-0.05, 0) is 25.0 Å². The maximum absolute atomic E-state index is 9.17. The van der Waals surface area contributed by atoms with Gasteiger partial charge in [0.15, 0.2) is 0 Å². The zero-order valence-corrected chi connectivity index (χ0v) is 13.0. The molecular weight excluding hydrogens is 284 g/mol. The predicted octanol–water partition coefficient (Wildman–Crippen LogP) is 2.78. The number of nitrogens with zero attached hydrogens (tertiary/aromatic N) is 2. The summed E-state index contributed by atoms with van der Waals surface area (Å²) in [6, 6.07) is 8.59. The predicted molar refractivity (Wildman–Crippen MR) is 84.6 cm³/mol. The lowest BCUT2D eigenvalue weighted by Gasteiger charge is -2.19. The van der Waals surface area contributed by atoms with Crippen molar-refractivity contribution in [3.05, 3.63) is 35.3 Å². The number of para-hydroxylation sites is 1. The lowest BCUT2D eigenvalue weighted by Crippen LogP contribution is -2.28. The van der Waals surface area contributed by atoms with Gasteiger partial charge in [-0.25, -0.2) is 4.98 Å². The first kappa shape index (κ1) is 14.5. The van der Waals surface area contributed by atoms with Gasteiger partial charge in [0.2, 0.25) is 0 Å².